The Balaban J connectivity index is 0.00000264. The third kappa shape index (κ3) is 5.50. The monoisotopic (exact) mass is 338 g/mol. The molecule has 1 aromatic rings. The van der Waals surface area contributed by atoms with Gasteiger partial charge in [-0.1, -0.05) is 38.1 Å². The van der Waals surface area contributed by atoms with Crippen LogP contribution in [-0.2, 0) is 11.2 Å². The molecule has 0 spiro atoms. The van der Waals surface area contributed by atoms with Crippen molar-refractivity contribution >= 4 is 18.3 Å². The largest absolute Gasteiger partial charge is 0.342 e. The van der Waals surface area contributed by atoms with Gasteiger partial charge in [0.15, 0.2) is 0 Å². The van der Waals surface area contributed by atoms with Crippen LogP contribution in [0.1, 0.15) is 57.1 Å². The number of rotatable bonds is 5. The zero-order chi connectivity index (χ0) is 16.1. The Morgan fingerprint density at radius 1 is 1.30 bits per heavy atom. The van der Waals surface area contributed by atoms with Crippen LogP contribution < -0.4 is 5.73 Å². The van der Waals surface area contributed by atoms with E-state index in [1.54, 1.807) is 0 Å². The third-order valence-corrected chi connectivity index (χ3v) is 4.99. The summed E-state index contributed by atoms with van der Waals surface area (Å²) in [6.45, 7) is 8.08. The normalized spacial score (nSPS) is 20.5. The van der Waals surface area contributed by atoms with Crippen molar-refractivity contribution in [3.63, 3.8) is 0 Å². The van der Waals surface area contributed by atoms with Gasteiger partial charge in [-0.3, -0.25) is 4.79 Å². The molecule has 23 heavy (non-hydrogen) atoms. The SMILES string of the molecule is CCc1ccc(C(C)CC(=O)N2CCCC(C(C)N)C2)cc1.Cl. The van der Waals surface area contributed by atoms with Gasteiger partial charge in [0.1, 0.15) is 0 Å². The fourth-order valence-corrected chi connectivity index (χ4v) is 3.26. The number of piperidine rings is 1. The van der Waals surface area contributed by atoms with Crippen LogP contribution in [0.15, 0.2) is 24.3 Å². The van der Waals surface area contributed by atoms with Crippen LogP contribution in [0.4, 0.5) is 0 Å². The van der Waals surface area contributed by atoms with E-state index < -0.39 is 0 Å². The van der Waals surface area contributed by atoms with Gasteiger partial charge >= 0.3 is 0 Å². The van der Waals surface area contributed by atoms with Crippen molar-refractivity contribution in [2.75, 3.05) is 13.1 Å². The Morgan fingerprint density at radius 3 is 2.52 bits per heavy atom. The molecule has 130 valence electrons. The van der Waals surface area contributed by atoms with Gasteiger partial charge in [0, 0.05) is 25.6 Å². The van der Waals surface area contributed by atoms with E-state index in [4.69, 9.17) is 5.73 Å². The summed E-state index contributed by atoms with van der Waals surface area (Å²) >= 11 is 0. The van der Waals surface area contributed by atoms with E-state index in [0.29, 0.717) is 12.3 Å². The lowest BCUT2D eigenvalue weighted by atomic mass is 9.91. The van der Waals surface area contributed by atoms with Gasteiger partial charge < -0.3 is 10.6 Å². The van der Waals surface area contributed by atoms with E-state index in [9.17, 15) is 4.79 Å². The summed E-state index contributed by atoms with van der Waals surface area (Å²) in [4.78, 5) is 14.6. The Labute approximate surface area is 147 Å². The van der Waals surface area contributed by atoms with E-state index in [-0.39, 0.29) is 30.3 Å². The molecule has 2 rings (SSSR count). The van der Waals surface area contributed by atoms with Crippen molar-refractivity contribution in [2.45, 2.75) is 58.4 Å². The molecule has 1 heterocycles. The molecule has 1 amide bonds. The molecule has 0 radical (unpaired) electrons. The molecule has 0 saturated carbocycles. The summed E-state index contributed by atoms with van der Waals surface area (Å²) in [5.74, 6) is 1.00. The molecular formula is C19H31ClN2O. The molecule has 4 heteroatoms. The van der Waals surface area contributed by atoms with Gasteiger partial charge in [-0.15, -0.1) is 12.4 Å². The quantitative estimate of drug-likeness (QED) is 0.888. The molecule has 1 aliphatic heterocycles. The highest BCUT2D eigenvalue weighted by Gasteiger charge is 2.26. The minimum Gasteiger partial charge on any atom is -0.342 e. The first kappa shape index (κ1) is 20.0. The highest BCUT2D eigenvalue weighted by atomic mass is 35.5. The number of amides is 1. The molecule has 1 aromatic carbocycles. The molecule has 1 saturated heterocycles. The van der Waals surface area contributed by atoms with Crippen LogP contribution in [0, 0.1) is 5.92 Å². The average molecular weight is 339 g/mol. The van der Waals surface area contributed by atoms with Crippen LogP contribution >= 0.6 is 12.4 Å². The van der Waals surface area contributed by atoms with Crippen LogP contribution in [0.3, 0.4) is 0 Å². The number of benzene rings is 1. The Bertz CT molecular complexity index is 487. The fourth-order valence-electron chi connectivity index (χ4n) is 3.26. The van der Waals surface area contributed by atoms with Gasteiger partial charge in [0.2, 0.25) is 5.91 Å². The maximum atomic E-state index is 12.6. The summed E-state index contributed by atoms with van der Waals surface area (Å²) in [6, 6.07) is 8.84. The van der Waals surface area contributed by atoms with E-state index in [1.807, 2.05) is 4.90 Å². The first-order chi connectivity index (χ1) is 10.5. The predicted molar refractivity (Wildman–Crippen MR) is 99.1 cm³/mol. The van der Waals surface area contributed by atoms with Crippen molar-refractivity contribution in [1.82, 2.24) is 4.90 Å². The number of aryl methyl sites for hydroxylation is 1. The minimum atomic E-state index is 0. The molecule has 1 fully saturated rings. The van der Waals surface area contributed by atoms with Crippen molar-refractivity contribution in [3.8, 4) is 0 Å². The van der Waals surface area contributed by atoms with Gasteiger partial charge in [0.25, 0.3) is 0 Å². The second-order valence-corrected chi connectivity index (χ2v) is 6.80. The molecule has 3 atom stereocenters. The van der Waals surface area contributed by atoms with Gasteiger partial charge in [0.05, 0.1) is 0 Å². The van der Waals surface area contributed by atoms with Crippen molar-refractivity contribution in [1.29, 1.82) is 0 Å². The second kappa shape index (κ2) is 9.29. The van der Waals surface area contributed by atoms with Crippen molar-refractivity contribution in [2.24, 2.45) is 11.7 Å². The lowest BCUT2D eigenvalue weighted by Crippen LogP contribution is -2.45. The maximum Gasteiger partial charge on any atom is 0.223 e. The molecule has 1 aliphatic rings. The average Bonchev–Trinajstić information content (AvgIpc) is 2.54. The van der Waals surface area contributed by atoms with Gasteiger partial charge in [-0.05, 0) is 49.1 Å². The first-order valence-corrected chi connectivity index (χ1v) is 8.63. The Hall–Kier alpha value is -1.06. The molecule has 2 N–H and O–H groups in total. The summed E-state index contributed by atoms with van der Waals surface area (Å²) < 4.78 is 0. The zero-order valence-corrected chi connectivity index (χ0v) is 15.4. The van der Waals surface area contributed by atoms with Gasteiger partial charge in [-0.2, -0.15) is 0 Å². The number of hydrogen-bond donors (Lipinski definition) is 1. The molecule has 0 aliphatic carbocycles. The first-order valence-electron chi connectivity index (χ1n) is 8.63. The number of likely N-dealkylation sites (tertiary alicyclic amines) is 1. The second-order valence-electron chi connectivity index (χ2n) is 6.80. The van der Waals surface area contributed by atoms with E-state index in [2.05, 4.69) is 45.0 Å². The van der Waals surface area contributed by atoms with Crippen molar-refractivity contribution in [3.05, 3.63) is 35.4 Å². The predicted octanol–water partition coefficient (Wildman–Crippen LogP) is 3.75. The van der Waals surface area contributed by atoms with E-state index >= 15 is 0 Å². The minimum absolute atomic E-state index is 0. The van der Waals surface area contributed by atoms with Crippen LogP contribution in [0.2, 0.25) is 0 Å². The maximum absolute atomic E-state index is 12.6. The Morgan fingerprint density at radius 2 is 1.96 bits per heavy atom. The number of carbonyl (C=O) groups excluding carboxylic acids is 1. The number of carbonyl (C=O) groups is 1. The van der Waals surface area contributed by atoms with Crippen LogP contribution in [-0.4, -0.2) is 29.9 Å². The number of hydrogen-bond acceptors (Lipinski definition) is 2. The summed E-state index contributed by atoms with van der Waals surface area (Å²) in [6.07, 6.45) is 3.88. The standard InChI is InChI=1S/C19H30N2O.ClH/c1-4-16-7-9-17(10-8-16)14(2)12-19(22)21-11-5-6-18(13-21)15(3)20;/h7-10,14-15,18H,4-6,11-13,20H2,1-3H3;1H. The highest BCUT2D eigenvalue weighted by Crippen LogP contribution is 2.24. The number of halogens is 1. The fraction of sp³-hybridized carbons (Fsp3) is 0.632. The van der Waals surface area contributed by atoms with E-state index in [1.165, 1.54) is 11.1 Å². The van der Waals surface area contributed by atoms with Crippen LogP contribution in [0.25, 0.3) is 0 Å². The highest BCUT2D eigenvalue weighted by molar-refractivity contribution is 5.85. The lowest BCUT2D eigenvalue weighted by Gasteiger charge is -2.35. The van der Waals surface area contributed by atoms with Crippen LogP contribution in [0.5, 0.6) is 0 Å². The topological polar surface area (TPSA) is 46.3 Å². The molecule has 3 unspecified atom stereocenters. The number of nitrogens with two attached hydrogens (primary N) is 1. The van der Waals surface area contributed by atoms with Gasteiger partial charge in [-0.25, -0.2) is 0 Å². The summed E-state index contributed by atoms with van der Waals surface area (Å²) in [5.41, 5.74) is 8.61. The Kier molecular flexibility index (Phi) is 8.07. The summed E-state index contributed by atoms with van der Waals surface area (Å²) in [7, 11) is 0. The lowest BCUT2D eigenvalue weighted by molar-refractivity contribution is -0.133. The smallest absolute Gasteiger partial charge is 0.223 e. The zero-order valence-electron chi connectivity index (χ0n) is 14.6. The summed E-state index contributed by atoms with van der Waals surface area (Å²) in [5, 5.41) is 0. The molecular weight excluding hydrogens is 308 g/mol. The molecule has 0 aromatic heterocycles. The third-order valence-electron chi connectivity index (χ3n) is 4.99. The number of nitrogens with zero attached hydrogens (tertiary/aromatic N) is 1. The van der Waals surface area contributed by atoms with E-state index in [0.717, 1.165) is 32.4 Å². The van der Waals surface area contributed by atoms with Crippen molar-refractivity contribution < 1.29 is 4.79 Å². The molecule has 3 nitrogen and oxygen atoms in total. The molecule has 0 bridgehead atoms.